The number of nitrogens with one attached hydrogen (secondary N) is 1. The maximum atomic E-state index is 12.2. The summed E-state index contributed by atoms with van der Waals surface area (Å²) in [6, 6.07) is 17.7. The quantitative estimate of drug-likeness (QED) is 0.307. The Morgan fingerprint density at radius 2 is 1.86 bits per heavy atom. The number of allylic oxidation sites excluding steroid dienone is 4. The number of likely N-dealkylation sites (tertiary alicyclic amines) is 1. The summed E-state index contributed by atoms with van der Waals surface area (Å²) >= 11 is 0. The topological polar surface area (TPSA) is 37.3 Å². The first-order valence-electron chi connectivity index (χ1n) is 14.0. The van der Waals surface area contributed by atoms with Gasteiger partial charge in [-0.3, -0.25) is 9.69 Å². The van der Waals surface area contributed by atoms with E-state index in [1.54, 1.807) is 0 Å². The van der Waals surface area contributed by atoms with Crippen molar-refractivity contribution in [2.24, 2.45) is 5.92 Å². The van der Waals surface area contributed by atoms with Gasteiger partial charge in [0.25, 0.3) is 0 Å². The number of anilines is 1. The molecule has 5 rings (SSSR count). The molecule has 0 radical (unpaired) electrons. The Kier molecular flexibility index (Phi) is 7.95. The van der Waals surface area contributed by atoms with Crippen molar-refractivity contribution >= 4 is 22.5 Å². The molecule has 0 bridgehead atoms. The third kappa shape index (κ3) is 6.07. The molecule has 1 atom stereocenters. The standard InChI is InChI=1S/C33H41N3O/c1-4-5-6-10-24(2)25(3)36-23-29(31-13-7-8-14-32(31)36)22-35-19-17-26(18-20-35)28-11-9-12-30(21-28)34-33(37)27-15-16-27/h4-5,7-14,21,23,25-27H,6,15-20,22H2,1-3H3,(H,34,37)/b5-4-,24-10-. The van der Waals surface area contributed by atoms with Crippen molar-refractivity contribution in [2.75, 3.05) is 18.4 Å². The average Bonchev–Trinajstić information content (AvgIpc) is 3.72. The summed E-state index contributed by atoms with van der Waals surface area (Å²) in [5.74, 6) is 0.975. The molecule has 1 aromatic heterocycles. The van der Waals surface area contributed by atoms with Crippen LogP contribution in [0.5, 0.6) is 0 Å². The molecule has 4 heteroatoms. The second kappa shape index (κ2) is 11.5. The number of aromatic nitrogens is 1. The molecule has 1 saturated carbocycles. The maximum Gasteiger partial charge on any atom is 0.227 e. The number of para-hydroxylation sites is 1. The van der Waals surface area contributed by atoms with Crippen LogP contribution in [0.4, 0.5) is 5.69 Å². The zero-order valence-corrected chi connectivity index (χ0v) is 22.6. The Morgan fingerprint density at radius 3 is 2.62 bits per heavy atom. The van der Waals surface area contributed by atoms with Gasteiger partial charge < -0.3 is 9.88 Å². The second-order valence-electron chi connectivity index (χ2n) is 10.9. The molecule has 2 heterocycles. The van der Waals surface area contributed by atoms with E-state index in [4.69, 9.17) is 0 Å². The van der Waals surface area contributed by atoms with Crippen molar-refractivity contribution < 1.29 is 4.79 Å². The van der Waals surface area contributed by atoms with Crippen molar-refractivity contribution in [3.05, 3.63) is 89.7 Å². The third-order valence-electron chi connectivity index (χ3n) is 8.27. The predicted octanol–water partition coefficient (Wildman–Crippen LogP) is 7.84. The minimum Gasteiger partial charge on any atom is -0.340 e. The highest BCUT2D eigenvalue weighted by atomic mass is 16.2. The Bertz CT molecular complexity index is 1290. The first-order valence-corrected chi connectivity index (χ1v) is 14.0. The number of piperidine rings is 1. The normalized spacial score (nSPS) is 18.5. The number of amides is 1. The van der Waals surface area contributed by atoms with Crippen LogP contribution in [-0.4, -0.2) is 28.5 Å². The number of fused-ring (bicyclic) bond motifs is 1. The smallest absolute Gasteiger partial charge is 0.227 e. The number of hydrogen-bond donors (Lipinski definition) is 1. The number of hydrogen-bond acceptors (Lipinski definition) is 2. The van der Waals surface area contributed by atoms with Gasteiger partial charge in [0.2, 0.25) is 5.91 Å². The van der Waals surface area contributed by atoms with Crippen LogP contribution in [0.2, 0.25) is 0 Å². The van der Waals surface area contributed by atoms with Gasteiger partial charge in [-0.15, -0.1) is 0 Å². The molecule has 194 valence electrons. The molecule has 1 N–H and O–H groups in total. The van der Waals surface area contributed by atoms with Gasteiger partial charge in [-0.2, -0.15) is 0 Å². The Hall–Kier alpha value is -3.11. The summed E-state index contributed by atoms with van der Waals surface area (Å²) in [4.78, 5) is 14.8. The summed E-state index contributed by atoms with van der Waals surface area (Å²) in [5, 5.41) is 4.49. The largest absolute Gasteiger partial charge is 0.340 e. The van der Waals surface area contributed by atoms with Crippen molar-refractivity contribution in [1.82, 2.24) is 9.47 Å². The van der Waals surface area contributed by atoms with Gasteiger partial charge in [0, 0.05) is 35.2 Å². The molecule has 1 unspecified atom stereocenters. The van der Waals surface area contributed by atoms with Gasteiger partial charge in [0.05, 0.1) is 6.04 Å². The Balaban J connectivity index is 1.24. The summed E-state index contributed by atoms with van der Waals surface area (Å²) in [5.41, 5.74) is 6.46. The lowest BCUT2D eigenvalue weighted by atomic mass is 9.89. The van der Waals surface area contributed by atoms with Crippen LogP contribution in [0.3, 0.4) is 0 Å². The van der Waals surface area contributed by atoms with Crippen LogP contribution in [0.15, 0.2) is 78.5 Å². The van der Waals surface area contributed by atoms with Crippen molar-refractivity contribution in [2.45, 2.75) is 71.4 Å². The van der Waals surface area contributed by atoms with Crippen molar-refractivity contribution in [3.63, 3.8) is 0 Å². The molecule has 3 aromatic rings. The molecular formula is C33H41N3O. The molecule has 2 fully saturated rings. The number of carbonyl (C=O) groups is 1. The Morgan fingerprint density at radius 1 is 1.08 bits per heavy atom. The van der Waals surface area contributed by atoms with E-state index in [1.165, 1.54) is 27.6 Å². The van der Waals surface area contributed by atoms with E-state index in [9.17, 15) is 4.79 Å². The SMILES string of the molecule is C/C=C\C/C=C(/C)C(C)n1cc(CN2CCC(c3cccc(NC(=O)C4CC4)c3)CC2)c2ccccc21. The van der Waals surface area contributed by atoms with Gasteiger partial charge in [-0.1, -0.05) is 54.1 Å². The summed E-state index contributed by atoms with van der Waals surface area (Å²) < 4.78 is 2.46. The molecule has 0 spiro atoms. The molecule has 1 saturated heterocycles. The fraction of sp³-hybridized carbons (Fsp3) is 0.424. The summed E-state index contributed by atoms with van der Waals surface area (Å²) in [6.45, 7) is 9.82. The van der Waals surface area contributed by atoms with E-state index in [1.807, 2.05) is 6.07 Å². The van der Waals surface area contributed by atoms with Crippen LogP contribution >= 0.6 is 0 Å². The summed E-state index contributed by atoms with van der Waals surface area (Å²) in [7, 11) is 0. The number of benzene rings is 2. The fourth-order valence-electron chi connectivity index (χ4n) is 5.63. The van der Waals surface area contributed by atoms with Gasteiger partial charge in [-0.05, 0) is 101 Å². The van der Waals surface area contributed by atoms with E-state index in [0.29, 0.717) is 12.0 Å². The lowest BCUT2D eigenvalue weighted by Crippen LogP contribution is -2.32. The monoisotopic (exact) mass is 495 g/mol. The zero-order chi connectivity index (χ0) is 25.8. The fourth-order valence-corrected chi connectivity index (χ4v) is 5.63. The third-order valence-corrected chi connectivity index (χ3v) is 8.27. The number of carbonyl (C=O) groups excluding carboxylic acids is 1. The highest BCUT2D eigenvalue weighted by molar-refractivity contribution is 5.94. The maximum absolute atomic E-state index is 12.2. The van der Waals surface area contributed by atoms with E-state index >= 15 is 0 Å². The molecular weight excluding hydrogens is 454 g/mol. The van der Waals surface area contributed by atoms with Crippen molar-refractivity contribution in [3.8, 4) is 0 Å². The molecule has 2 aliphatic rings. The second-order valence-corrected chi connectivity index (χ2v) is 10.9. The predicted molar refractivity (Wildman–Crippen MR) is 155 cm³/mol. The van der Waals surface area contributed by atoms with Gasteiger partial charge in [-0.25, -0.2) is 0 Å². The molecule has 1 amide bonds. The number of rotatable bonds is 9. The van der Waals surface area contributed by atoms with E-state index in [0.717, 1.165) is 57.4 Å². The first kappa shape index (κ1) is 25.5. The molecule has 37 heavy (non-hydrogen) atoms. The first-order chi connectivity index (χ1) is 18.0. The van der Waals surface area contributed by atoms with Gasteiger partial charge in [0.15, 0.2) is 0 Å². The van der Waals surface area contributed by atoms with Gasteiger partial charge >= 0.3 is 0 Å². The van der Waals surface area contributed by atoms with Crippen LogP contribution in [-0.2, 0) is 11.3 Å². The minimum atomic E-state index is 0.184. The van der Waals surface area contributed by atoms with E-state index in [-0.39, 0.29) is 11.8 Å². The van der Waals surface area contributed by atoms with Crippen molar-refractivity contribution in [1.29, 1.82) is 0 Å². The van der Waals surface area contributed by atoms with Crippen LogP contribution < -0.4 is 5.32 Å². The van der Waals surface area contributed by atoms with E-state index < -0.39 is 0 Å². The van der Waals surface area contributed by atoms with Gasteiger partial charge in [0.1, 0.15) is 0 Å². The van der Waals surface area contributed by atoms with E-state index in [2.05, 4.69) is 102 Å². The lowest BCUT2D eigenvalue weighted by molar-refractivity contribution is -0.117. The molecule has 4 nitrogen and oxygen atoms in total. The van der Waals surface area contributed by atoms with Crippen LogP contribution in [0.1, 0.15) is 76.0 Å². The Labute approximate surface area is 222 Å². The van der Waals surface area contributed by atoms with Crippen LogP contribution in [0.25, 0.3) is 10.9 Å². The molecule has 2 aromatic carbocycles. The minimum absolute atomic E-state index is 0.184. The molecule has 1 aliphatic carbocycles. The summed E-state index contributed by atoms with van der Waals surface area (Å²) in [6.07, 6.45) is 14.4. The number of nitrogens with zero attached hydrogens (tertiary/aromatic N) is 2. The highest BCUT2D eigenvalue weighted by Crippen LogP contribution is 2.34. The van der Waals surface area contributed by atoms with Crippen LogP contribution in [0, 0.1) is 5.92 Å². The average molecular weight is 496 g/mol. The highest BCUT2D eigenvalue weighted by Gasteiger charge is 2.30. The molecule has 1 aliphatic heterocycles. The lowest BCUT2D eigenvalue weighted by Gasteiger charge is -2.32. The zero-order valence-electron chi connectivity index (χ0n) is 22.6.